The maximum Gasteiger partial charge on any atom is 0.109 e. The second-order valence-electron chi connectivity index (χ2n) is 9.72. The molecule has 3 saturated carbocycles. The molecule has 0 aliphatic heterocycles. The molecular formula is C20H31FO2. The van der Waals surface area contributed by atoms with Crippen LogP contribution in [0, 0.1) is 28.6 Å². The number of hydrogen-bond acceptors (Lipinski definition) is 2. The average molecular weight is 322 g/mol. The van der Waals surface area contributed by atoms with E-state index in [1.54, 1.807) is 6.92 Å². The summed E-state index contributed by atoms with van der Waals surface area (Å²) >= 11 is 0. The molecule has 2 nitrogen and oxygen atoms in total. The summed E-state index contributed by atoms with van der Waals surface area (Å²) in [6.45, 7) is 6.28. The Labute approximate surface area is 139 Å². The summed E-state index contributed by atoms with van der Waals surface area (Å²) in [5, 5.41) is 20.8. The first-order chi connectivity index (χ1) is 10.7. The lowest BCUT2D eigenvalue weighted by Crippen LogP contribution is -2.54. The van der Waals surface area contributed by atoms with Crippen LogP contribution in [-0.2, 0) is 0 Å². The van der Waals surface area contributed by atoms with E-state index in [1.165, 1.54) is 5.57 Å². The van der Waals surface area contributed by atoms with Crippen LogP contribution in [0.1, 0.15) is 65.7 Å². The van der Waals surface area contributed by atoms with E-state index < -0.39 is 17.9 Å². The molecule has 0 heterocycles. The number of halogens is 1. The topological polar surface area (TPSA) is 40.5 Å². The Morgan fingerprint density at radius 2 is 1.91 bits per heavy atom. The van der Waals surface area contributed by atoms with Crippen LogP contribution in [0.2, 0.25) is 0 Å². The van der Waals surface area contributed by atoms with E-state index >= 15 is 0 Å². The monoisotopic (exact) mass is 322 g/mol. The first-order valence-electron chi connectivity index (χ1n) is 9.40. The first kappa shape index (κ1) is 16.1. The molecule has 4 aliphatic carbocycles. The summed E-state index contributed by atoms with van der Waals surface area (Å²) in [4.78, 5) is 0. The van der Waals surface area contributed by atoms with Gasteiger partial charge in [-0.1, -0.05) is 25.5 Å². The van der Waals surface area contributed by atoms with Gasteiger partial charge in [-0.3, -0.25) is 0 Å². The first-order valence-corrected chi connectivity index (χ1v) is 9.40. The molecule has 3 unspecified atom stereocenters. The van der Waals surface area contributed by atoms with Crippen molar-refractivity contribution >= 4 is 0 Å². The number of allylic oxidation sites excluding steroid dienone is 1. The molecule has 0 aromatic rings. The van der Waals surface area contributed by atoms with Crippen molar-refractivity contribution in [2.24, 2.45) is 28.6 Å². The number of rotatable bonds is 0. The van der Waals surface area contributed by atoms with Crippen LogP contribution in [0.25, 0.3) is 0 Å². The highest BCUT2D eigenvalue weighted by molar-refractivity contribution is 5.27. The van der Waals surface area contributed by atoms with Crippen molar-refractivity contribution in [3.63, 3.8) is 0 Å². The Bertz CT molecular complexity index is 542. The normalized spacial score (nSPS) is 58.9. The highest BCUT2D eigenvalue weighted by Gasteiger charge is 2.61. The molecule has 0 saturated heterocycles. The zero-order valence-electron chi connectivity index (χ0n) is 14.7. The van der Waals surface area contributed by atoms with Gasteiger partial charge >= 0.3 is 0 Å². The molecule has 4 aliphatic rings. The third-order valence-corrected chi connectivity index (χ3v) is 8.11. The maximum absolute atomic E-state index is 14.8. The van der Waals surface area contributed by atoms with Gasteiger partial charge in [0, 0.05) is 11.8 Å². The van der Waals surface area contributed by atoms with Crippen LogP contribution in [0.5, 0.6) is 0 Å². The second kappa shape index (κ2) is 4.82. The van der Waals surface area contributed by atoms with Gasteiger partial charge in [0.25, 0.3) is 0 Å². The molecule has 2 N–H and O–H groups in total. The van der Waals surface area contributed by atoms with Gasteiger partial charge in [0.2, 0.25) is 0 Å². The minimum atomic E-state index is -1.03. The van der Waals surface area contributed by atoms with Crippen LogP contribution < -0.4 is 0 Å². The third-order valence-electron chi connectivity index (χ3n) is 8.11. The average Bonchev–Trinajstić information content (AvgIpc) is 2.69. The molecule has 0 aromatic carbocycles. The summed E-state index contributed by atoms with van der Waals surface area (Å²) in [7, 11) is 0. The molecular weight excluding hydrogens is 291 g/mol. The zero-order valence-corrected chi connectivity index (χ0v) is 14.7. The molecule has 0 radical (unpaired) electrons. The van der Waals surface area contributed by atoms with Crippen LogP contribution in [0.4, 0.5) is 4.39 Å². The molecule has 0 bridgehead atoms. The molecule has 0 aromatic heterocycles. The Hall–Kier alpha value is -0.410. The fourth-order valence-corrected chi connectivity index (χ4v) is 7.09. The molecule has 23 heavy (non-hydrogen) atoms. The van der Waals surface area contributed by atoms with Crippen molar-refractivity contribution in [3.8, 4) is 0 Å². The molecule has 3 fully saturated rings. The number of aliphatic hydroxyl groups excluding tert-OH is 2. The van der Waals surface area contributed by atoms with Crippen LogP contribution in [0.15, 0.2) is 11.6 Å². The Kier molecular flexibility index (Phi) is 3.37. The predicted octanol–water partition coefficient (Wildman–Crippen LogP) is 4.01. The highest BCUT2D eigenvalue weighted by Crippen LogP contribution is 2.66. The van der Waals surface area contributed by atoms with Crippen molar-refractivity contribution in [1.82, 2.24) is 0 Å². The zero-order chi connectivity index (χ0) is 16.6. The van der Waals surface area contributed by atoms with Gasteiger partial charge in [-0.15, -0.1) is 0 Å². The Balaban J connectivity index is 1.71. The third kappa shape index (κ3) is 2.18. The van der Waals surface area contributed by atoms with E-state index in [-0.39, 0.29) is 10.8 Å². The lowest BCUT2D eigenvalue weighted by molar-refractivity contribution is -0.0992. The smallest absolute Gasteiger partial charge is 0.109 e. The molecule has 3 heteroatoms. The number of alkyl halides is 1. The Morgan fingerprint density at radius 1 is 1.17 bits per heavy atom. The van der Waals surface area contributed by atoms with E-state index in [9.17, 15) is 14.6 Å². The second-order valence-corrected chi connectivity index (χ2v) is 9.72. The van der Waals surface area contributed by atoms with Crippen molar-refractivity contribution in [3.05, 3.63) is 11.6 Å². The standard InChI is InChI=1S/C20H31FO2/c1-18-7-6-15-14(16(18)10-19(2,21)11-18)5-4-12-8-13(22)9-17(23)20(12,15)3/h4,13-17,22-23H,5-11H2,1-3H3/t13?,14-,15-,16+,17?,18-,19?,20+/m1/s1. The molecule has 8 atom stereocenters. The van der Waals surface area contributed by atoms with Gasteiger partial charge in [0.15, 0.2) is 0 Å². The summed E-state index contributed by atoms with van der Waals surface area (Å²) < 4.78 is 14.8. The summed E-state index contributed by atoms with van der Waals surface area (Å²) in [5.74, 6) is 1.37. The van der Waals surface area contributed by atoms with Crippen molar-refractivity contribution in [1.29, 1.82) is 0 Å². The number of hydrogen-bond donors (Lipinski definition) is 2. The lowest BCUT2D eigenvalue weighted by atomic mass is 9.47. The maximum atomic E-state index is 14.8. The van der Waals surface area contributed by atoms with Gasteiger partial charge in [-0.05, 0) is 68.6 Å². The van der Waals surface area contributed by atoms with Crippen LogP contribution >= 0.6 is 0 Å². The predicted molar refractivity (Wildman–Crippen MR) is 88.6 cm³/mol. The largest absolute Gasteiger partial charge is 0.393 e. The van der Waals surface area contributed by atoms with Gasteiger partial charge in [0.05, 0.1) is 12.2 Å². The number of fused-ring (bicyclic) bond motifs is 5. The SMILES string of the molecule is CC1(F)C[C@H]2[C@@H]3CC=C4CC(O)CC(O)[C@]4(C)[C@@H]3CC[C@]2(C)C1. The van der Waals surface area contributed by atoms with E-state index in [1.807, 2.05) is 0 Å². The lowest BCUT2D eigenvalue weighted by Gasteiger charge is -2.58. The van der Waals surface area contributed by atoms with Crippen LogP contribution in [-0.4, -0.2) is 28.1 Å². The van der Waals surface area contributed by atoms with Gasteiger partial charge in [-0.25, -0.2) is 4.39 Å². The van der Waals surface area contributed by atoms with Crippen LogP contribution in [0.3, 0.4) is 0 Å². The van der Waals surface area contributed by atoms with Gasteiger partial charge in [0.1, 0.15) is 5.67 Å². The molecule has 0 amide bonds. The fraction of sp³-hybridized carbons (Fsp3) is 0.900. The molecule has 0 spiro atoms. The van der Waals surface area contributed by atoms with Crippen molar-refractivity contribution < 1.29 is 14.6 Å². The van der Waals surface area contributed by atoms with E-state index in [0.29, 0.717) is 43.4 Å². The van der Waals surface area contributed by atoms with E-state index in [4.69, 9.17) is 0 Å². The minimum absolute atomic E-state index is 0.130. The van der Waals surface area contributed by atoms with E-state index in [2.05, 4.69) is 19.9 Å². The highest BCUT2D eigenvalue weighted by atomic mass is 19.1. The quantitative estimate of drug-likeness (QED) is 0.662. The minimum Gasteiger partial charge on any atom is -0.393 e. The van der Waals surface area contributed by atoms with E-state index in [0.717, 1.165) is 19.3 Å². The Morgan fingerprint density at radius 3 is 2.65 bits per heavy atom. The number of aliphatic hydroxyl groups is 2. The van der Waals surface area contributed by atoms with Crippen molar-refractivity contribution in [2.75, 3.05) is 0 Å². The fourth-order valence-electron chi connectivity index (χ4n) is 7.09. The summed E-state index contributed by atoms with van der Waals surface area (Å²) in [6.07, 6.45) is 7.16. The van der Waals surface area contributed by atoms with Gasteiger partial charge in [-0.2, -0.15) is 0 Å². The molecule has 130 valence electrons. The van der Waals surface area contributed by atoms with Crippen molar-refractivity contribution in [2.45, 2.75) is 83.6 Å². The summed E-state index contributed by atoms with van der Waals surface area (Å²) in [5.41, 5.74) is 0.153. The summed E-state index contributed by atoms with van der Waals surface area (Å²) in [6, 6.07) is 0. The van der Waals surface area contributed by atoms with Gasteiger partial charge < -0.3 is 10.2 Å². The molecule has 4 rings (SSSR count).